The van der Waals surface area contributed by atoms with Crippen LogP contribution in [0.5, 0.6) is 0 Å². The van der Waals surface area contributed by atoms with E-state index in [2.05, 4.69) is 16.8 Å². The third kappa shape index (κ3) is 3.05. The Hall–Kier alpha value is -2.24. The molecule has 0 radical (unpaired) electrons. The van der Waals surface area contributed by atoms with Gasteiger partial charge >= 0.3 is 0 Å². The summed E-state index contributed by atoms with van der Waals surface area (Å²) in [4.78, 5) is 18.8. The predicted molar refractivity (Wildman–Crippen MR) is 120 cm³/mol. The van der Waals surface area contributed by atoms with Gasteiger partial charge in [-0.1, -0.05) is 18.5 Å². The van der Waals surface area contributed by atoms with Gasteiger partial charge in [0.1, 0.15) is 5.76 Å². The van der Waals surface area contributed by atoms with Crippen LogP contribution in [0, 0.1) is 5.92 Å². The van der Waals surface area contributed by atoms with Crippen molar-refractivity contribution in [3.05, 3.63) is 47.3 Å². The van der Waals surface area contributed by atoms with Crippen molar-refractivity contribution in [3.8, 4) is 11.3 Å². The average Bonchev–Trinajstić information content (AvgIpc) is 3.36. The van der Waals surface area contributed by atoms with E-state index in [0.29, 0.717) is 17.4 Å². The Balaban J connectivity index is 1.27. The maximum absolute atomic E-state index is 13.4. The quantitative estimate of drug-likeness (QED) is 0.566. The smallest absolute Gasteiger partial charge is 0.223 e. The van der Waals surface area contributed by atoms with Gasteiger partial charge in [0.15, 0.2) is 0 Å². The Labute approximate surface area is 186 Å². The van der Waals surface area contributed by atoms with Crippen LogP contribution in [-0.4, -0.2) is 38.6 Å². The van der Waals surface area contributed by atoms with Crippen molar-refractivity contribution in [3.63, 3.8) is 0 Å². The van der Waals surface area contributed by atoms with Crippen molar-refractivity contribution in [2.75, 3.05) is 0 Å². The van der Waals surface area contributed by atoms with E-state index in [-0.39, 0.29) is 23.9 Å². The van der Waals surface area contributed by atoms with Crippen LogP contribution in [0.3, 0.4) is 0 Å². The van der Waals surface area contributed by atoms with Gasteiger partial charge in [-0.25, -0.2) is 0 Å². The van der Waals surface area contributed by atoms with Crippen molar-refractivity contribution < 1.29 is 14.3 Å². The summed E-state index contributed by atoms with van der Waals surface area (Å²) in [7, 11) is 0. The first kappa shape index (κ1) is 19.4. The molecule has 31 heavy (non-hydrogen) atoms. The minimum absolute atomic E-state index is 0.0332. The van der Waals surface area contributed by atoms with Gasteiger partial charge in [0, 0.05) is 41.2 Å². The molecular weight excluding hydrogens is 412 g/mol. The summed E-state index contributed by atoms with van der Waals surface area (Å²) in [5, 5.41) is 12.4. The summed E-state index contributed by atoms with van der Waals surface area (Å²) in [5.41, 5.74) is 2.35. The molecule has 3 unspecified atom stereocenters. The number of furan rings is 1. The lowest BCUT2D eigenvalue weighted by Gasteiger charge is -2.59. The number of benzene rings is 1. The number of halogens is 1. The predicted octanol–water partition coefficient (Wildman–Crippen LogP) is 5.48. The number of aromatic amines is 1. The second-order valence-electron chi connectivity index (χ2n) is 9.96. The highest BCUT2D eigenvalue weighted by Gasteiger charge is 2.54. The lowest BCUT2D eigenvalue weighted by Crippen LogP contribution is -2.65. The third-order valence-corrected chi connectivity index (χ3v) is 8.19. The molecule has 2 aromatic heterocycles. The van der Waals surface area contributed by atoms with E-state index < -0.39 is 5.60 Å². The molecule has 1 aromatic carbocycles. The van der Waals surface area contributed by atoms with E-state index in [4.69, 9.17) is 16.0 Å². The number of piperidine rings is 2. The lowest BCUT2D eigenvalue weighted by atomic mass is 9.61. The topological polar surface area (TPSA) is 69.5 Å². The van der Waals surface area contributed by atoms with E-state index in [1.165, 1.54) is 0 Å². The molecule has 0 spiro atoms. The molecule has 4 aliphatic rings. The number of aliphatic hydroxyl groups is 1. The van der Waals surface area contributed by atoms with Crippen molar-refractivity contribution in [1.82, 2.24) is 9.88 Å². The molecule has 3 aromatic rings. The SMILES string of the molecule is CC(CC(=O)N1C2CC3CC1CC(O)(C3)C2)c1c[nH]c2ccc(-c3ccco3)c(Cl)c12. The van der Waals surface area contributed by atoms with E-state index >= 15 is 0 Å². The number of H-pyrrole nitrogens is 1. The molecule has 4 fully saturated rings. The Morgan fingerprint density at radius 3 is 2.74 bits per heavy atom. The van der Waals surface area contributed by atoms with Crippen LogP contribution in [0.4, 0.5) is 0 Å². The van der Waals surface area contributed by atoms with Crippen LogP contribution in [0.2, 0.25) is 5.02 Å². The van der Waals surface area contributed by atoms with Gasteiger partial charge < -0.3 is 19.4 Å². The number of hydrogen-bond acceptors (Lipinski definition) is 3. The van der Waals surface area contributed by atoms with Crippen molar-refractivity contribution in [2.45, 2.75) is 69.1 Å². The van der Waals surface area contributed by atoms with Crippen molar-refractivity contribution >= 4 is 28.4 Å². The molecule has 162 valence electrons. The Morgan fingerprint density at radius 2 is 2.06 bits per heavy atom. The van der Waals surface area contributed by atoms with Crippen LogP contribution in [0.15, 0.2) is 41.1 Å². The Morgan fingerprint density at radius 1 is 1.29 bits per heavy atom. The largest absolute Gasteiger partial charge is 0.464 e. The molecule has 2 saturated heterocycles. The summed E-state index contributed by atoms with van der Waals surface area (Å²) in [5.74, 6) is 1.56. The molecular formula is C25H27ClN2O3. The summed E-state index contributed by atoms with van der Waals surface area (Å²) in [6, 6.07) is 8.13. The van der Waals surface area contributed by atoms with Crippen LogP contribution >= 0.6 is 11.6 Å². The zero-order valence-electron chi connectivity index (χ0n) is 17.6. The monoisotopic (exact) mass is 438 g/mol. The summed E-state index contributed by atoms with van der Waals surface area (Å²) < 4.78 is 5.56. The molecule has 4 bridgehead atoms. The van der Waals surface area contributed by atoms with Crippen LogP contribution in [0.25, 0.3) is 22.2 Å². The molecule has 2 N–H and O–H groups in total. The summed E-state index contributed by atoms with van der Waals surface area (Å²) in [6.07, 6.45) is 8.57. The van der Waals surface area contributed by atoms with E-state index in [1.807, 2.05) is 30.5 Å². The molecule has 6 heteroatoms. The maximum Gasteiger partial charge on any atom is 0.223 e. The van der Waals surface area contributed by atoms with Crippen LogP contribution < -0.4 is 0 Å². The first-order valence-electron chi connectivity index (χ1n) is 11.3. The number of carbonyl (C=O) groups excluding carboxylic acids is 1. The standard InChI is InChI=1S/C25H27ClN2O3/c1-14(7-22(29)28-16-8-15-9-17(28)12-25(30,10-15)11-16)19-13-27-20-5-4-18(24(26)23(19)20)21-3-2-6-31-21/h2-6,13-17,27,30H,7-12H2,1H3. The second kappa shape index (κ2) is 6.88. The van der Waals surface area contributed by atoms with Crippen molar-refractivity contribution in [2.24, 2.45) is 5.92 Å². The third-order valence-electron chi connectivity index (χ3n) is 7.80. The molecule has 2 saturated carbocycles. The maximum atomic E-state index is 13.4. The molecule has 3 atom stereocenters. The Kier molecular flexibility index (Phi) is 4.31. The highest BCUT2D eigenvalue weighted by atomic mass is 35.5. The fourth-order valence-electron chi connectivity index (χ4n) is 6.69. The first-order chi connectivity index (χ1) is 14.9. The molecule has 2 aliphatic carbocycles. The van der Waals surface area contributed by atoms with Gasteiger partial charge in [-0.05, 0) is 73.8 Å². The van der Waals surface area contributed by atoms with E-state index in [0.717, 1.165) is 59.9 Å². The second-order valence-corrected chi connectivity index (χ2v) is 10.3. The number of hydrogen-bond donors (Lipinski definition) is 2. The number of nitrogens with one attached hydrogen (secondary N) is 1. The minimum Gasteiger partial charge on any atom is -0.464 e. The first-order valence-corrected chi connectivity index (χ1v) is 11.7. The highest BCUT2D eigenvalue weighted by molar-refractivity contribution is 6.38. The molecule has 7 rings (SSSR count). The Bertz CT molecular complexity index is 1140. The molecule has 5 nitrogen and oxygen atoms in total. The van der Waals surface area contributed by atoms with Crippen LogP contribution in [0.1, 0.15) is 56.9 Å². The van der Waals surface area contributed by atoms with Crippen molar-refractivity contribution in [1.29, 1.82) is 0 Å². The van der Waals surface area contributed by atoms with Gasteiger partial charge in [-0.2, -0.15) is 0 Å². The van der Waals surface area contributed by atoms with E-state index in [9.17, 15) is 9.90 Å². The number of fused-ring (bicyclic) bond motifs is 1. The zero-order valence-corrected chi connectivity index (χ0v) is 18.4. The highest BCUT2D eigenvalue weighted by Crippen LogP contribution is 2.51. The number of nitrogens with zero attached hydrogens (tertiary/aromatic N) is 1. The van der Waals surface area contributed by atoms with Gasteiger partial charge in [0.25, 0.3) is 0 Å². The fourth-order valence-corrected chi connectivity index (χ4v) is 7.05. The number of amides is 1. The van der Waals surface area contributed by atoms with Gasteiger partial charge in [-0.15, -0.1) is 0 Å². The number of aromatic nitrogens is 1. The zero-order chi connectivity index (χ0) is 21.3. The average molecular weight is 439 g/mol. The fraction of sp³-hybridized carbons (Fsp3) is 0.480. The molecule has 4 heterocycles. The molecule has 1 amide bonds. The summed E-state index contributed by atoms with van der Waals surface area (Å²) >= 11 is 6.82. The van der Waals surface area contributed by atoms with Gasteiger partial charge in [0.2, 0.25) is 5.91 Å². The van der Waals surface area contributed by atoms with Crippen LogP contribution in [-0.2, 0) is 4.79 Å². The normalized spacial score (nSPS) is 30.3. The van der Waals surface area contributed by atoms with Gasteiger partial charge in [-0.3, -0.25) is 4.79 Å². The number of rotatable bonds is 4. The summed E-state index contributed by atoms with van der Waals surface area (Å²) in [6.45, 7) is 2.10. The molecule has 2 aliphatic heterocycles. The minimum atomic E-state index is -0.536. The van der Waals surface area contributed by atoms with E-state index in [1.54, 1.807) is 6.26 Å². The number of carbonyl (C=O) groups is 1. The van der Waals surface area contributed by atoms with Gasteiger partial charge in [0.05, 0.1) is 16.9 Å². The lowest BCUT2D eigenvalue weighted by molar-refractivity contribution is -0.174.